The van der Waals surface area contributed by atoms with E-state index < -0.39 is 0 Å². The molecule has 1 aromatic carbocycles. The lowest BCUT2D eigenvalue weighted by Gasteiger charge is -2.31. The molecule has 3 heteroatoms. The van der Waals surface area contributed by atoms with Crippen LogP contribution in [0, 0.1) is 0 Å². The molecule has 2 aliphatic heterocycles. The van der Waals surface area contributed by atoms with Gasteiger partial charge in [-0.15, -0.1) is 0 Å². The van der Waals surface area contributed by atoms with Crippen molar-refractivity contribution in [3.63, 3.8) is 0 Å². The summed E-state index contributed by atoms with van der Waals surface area (Å²) >= 11 is 0. The highest BCUT2D eigenvalue weighted by atomic mass is 16.5. The van der Waals surface area contributed by atoms with Crippen LogP contribution < -0.4 is 4.74 Å². The van der Waals surface area contributed by atoms with Crippen LogP contribution in [-0.2, 0) is 4.74 Å². The summed E-state index contributed by atoms with van der Waals surface area (Å²) in [6.45, 7) is 2.05. The fourth-order valence-corrected chi connectivity index (χ4v) is 2.86. The zero-order chi connectivity index (χ0) is 11.7. The predicted molar refractivity (Wildman–Crippen MR) is 66.0 cm³/mol. The summed E-state index contributed by atoms with van der Waals surface area (Å²) in [5.74, 6) is 0.905. The Morgan fingerprint density at radius 2 is 2.06 bits per heavy atom. The number of hydrogen-bond donors (Lipinski definition) is 0. The fourth-order valence-electron chi connectivity index (χ4n) is 2.86. The number of nitrogens with zero attached hydrogens (tertiary/aromatic N) is 1. The normalized spacial score (nSPS) is 29.0. The van der Waals surface area contributed by atoms with Crippen LogP contribution in [0.5, 0.6) is 5.75 Å². The van der Waals surface area contributed by atoms with Gasteiger partial charge in [0.05, 0.1) is 13.7 Å². The monoisotopic (exact) mass is 233 g/mol. The lowest BCUT2D eigenvalue weighted by Crippen LogP contribution is -2.36. The van der Waals surface area contributed by atoms with Crippen LogP contribution in [0.1, 0.15) is 31.1 Å². The van der Waals surface area contributed by atoms with Gasteiger partial charge in [-0.1, -0.05) is 18.6 Å². The van der Waals surface area contributed by atoms with Crippen LogP contribution in [0.4, 0.5) is 0 Å². The summed E-state index contributed by atoms with van der Waals surface area (Å²) in [6, 6.07) is 8.88. The number of ether oxygens (including phenoxy) is 2. The summed E-state index contributed by atoms with van der Waals surface area (Å²) in [4.78, 5) is 2.51. The Labute approximate surface area is 102 Å². The topological polar surface area (TPSA) is 21.7 Å². The van der Waals surface area contributed by atoms with E-state index in [4.69, 9.17) is 9.47 Å². The van der Waals surface area contributed by atoms with Crippen LogP contribution in [-0.4, -0.2) is 31.2 Å². The maximum Gasteiger partial charge on any atom is 0.137 e. The third-order valence-corrected chi connectivity index (χ3v) is 3.82. The zero-order valence-electron chi connectivity index (χ0n) is 10.3. The van der Waals surface area contributed by atoms with E-state index in [0.717, 1.165) is 12.4 Å². The fraction of sp³-hybridized carbons (Fsp3) is 0.571. The Kier molecular flexibility index (Phi) is 3.04. The van der Waals surface area contributed by atoms with Gasteiger partial charge in [0, 0.05) is 12.6 Å². The molecule has 2 fully saturated rings. The van der Waals surface area contributed by atoms with E-state index in [2.05, 4.69) is 17.0 Å². The molecule has 0 aliphatic carbocycles. The Balaban J connectivity index is 1.78. The van der Waals surface area contributed by atoms with E-state index >= 15 is 0 Å². The first kappa shape index (κ1) is 11.1. The molecular formula is C14H19NO2. The third-order valence-electron chi connectivity index (χ3n) is 3.82. The minimum atomic E-state index is 0.159. The Bertz CT molecular complexity index is 376. The molecule has 0 spiro atoms. The van der Waals surface area contributed by atoms with E-state index in [1.165, 1.54) is 31.4 Å². The van der Waals surface area contributed by atoms with Gasteiger partial charge in [0.15, 0.2) is 0 Å². The molecule has 1 aromatic rings. The van der Waals surface area contributed by atoms with Crippen molar-refractivity contribution >= 4 is 0 Å². The van der Waals surface area contributed by atoms with Crippen molar-refractivity contribution in [1.82, 2.24) is 4.90 Å². The average Bonchev–Trinajstić information content (AvgIpc) is 2.83. The van der Waals surface area contributed by atoms with Crippen molar-refractivity contribution in [1.29, 1.82) is 0 Å². The highest BCUT2D eigenvalue weighted by Crippen LogP contribution is 2.35. The standard InChI is InChI=1S/C14H19NO2/c1-16-13-7-5-11(6-8-13)14-15-9-3-2-4-12(15)10-17-14/h5-8,12,14H,2-4,9-10H2,1H3. The van der Waals surface area contributed by atoms with Crippen LogP contribution >= 0.6 is 0 Å². The van der Waals surface area contributed by atoms with Crippen molar-refractivity contribution < 1.29 is 9.47 Å². The second-order valence-electron chi connectivity index (χ2n) is 4.85. The SMILES string of the molecule is COc1ccc(C2OCC3CCCCN32)cc1. The van der Waals surface area contributed by atoms with E-state index in [9.17, 15) is 0 Å². The van der Waals surface area contributed by atoms with Crippen molar-refractivity contribution in [3.05, 3.63) is 29.8 Å². The molecule has 2 heterocycles. The van der Waals surface area contributed by atoms with Crippen molar-refractivity contribution in [3.8, 4) is 5.75 Å². The number of fused-ring (bicyclic) bond motifs is 1. The predicted octanol–water partition coefficient (Wildman–Crippen LogP) is 2.58. The van der Waals surface area contributed by atoms with E-state index in [0.29, 0.717) is 6.04 Å². The molecule has 0 radical (unpaired) electrons. The van der Waals surface area contributed by atoms with Gasteiger partial charge in [-0.2, -0.15) is 0 Å². The highest BCUT2D eigenvalue weighted by molar-refractivity contribution is 5.28. The van der Waals surface area contributed by atoms with Gasteiger partial charge in [-0.25, -0.2) is 0 Å². The number of piperidine rings is 1. The average molecular weight is 233 g/mol. The van der Waals surface area contributed by atoms with E-state index in [-0.39, 0.29) is 6.23 Å². The van der Waals surface area contributed by atoms with Crippen molar-refractivity contribution in [2.75, 3.05) is 20.3 Å². The van der Waals surface area contributed by atoms with Gasteiger partial charge >= 0.3 is 0 Å². The molecule has 3 rings (SSSR count). The maximum absolute atomic E-state index is 5.94. The molecule has 2 atom stereocenters. The molecule has 0 bridgehead atoms. The smallest absolute Gasteiger partial charge is 0.137 e. The van der Waals surface area contributed by atoms with Gasteiger partial charge in [0.1, 0.15) is 12.0 Å². The molecule has 2 aliphatic rings. The number of rotatable bonds is 2. The molecule has 3 nitrogen and oxygen atoms in total. The molecule has 92 valence electrons. The first-order chi connectivity index (χ1) is 8.38. The Hall–Kier alpha value is -1.06. The highest BCUT2D eigenvalue weighted by Gasteiger charge is 2.36. The molecule has 0 saturated carbocycles. The Morgan fingerprint density at radius 1 is 1.24 bits per heavy atom. The summed E-state index contributed by atoms with van der Waals surface area (Å²) in [5.41, 5.74) is 1.25. The quantitative estimate of drug-likeness (QED) is 0.783. The zero-order valence-corrected chi connectivity index (χ0v) is 10.3. The van der Waals surface area contributed by atoms with Crippen molar-refractivity contribution in [2.45, 2.75) is 31.5 Å². The molecular weight excluding hydrogens is 214 g/mol. The lowest BCUT2D eigenvalue weighted by molar-refractivity contribution is 0.0232. The summed E-state index contributed by atoms with van der Waals surface area (Å²) < 4.78 is 11.1. The van der Waals surface area contributed by atoms with Crippen LogP contribution in [0.2, 0.25) is 0 Å². The maximum atomic E-state index is 5.94. The molecule has 2 unspecified atom stereocenters. The first-order valence-electron chi connectivity index (χ1n) is 6.40. The second-order valence-corrected chi connectivity index (χ2v) is 4.85. The van der Waals surface area contributed by atoms with Gasteiger partial charge in [-0.05, 0) is 30.5 Å². The van der Waals surface area contributed by atoms with Gasteiger partial charge in [-0.3, -0.25) is 4.90 Å². The minimum absolute atomic E-state index is 0.159. The van der Waals surface area contributed by atoms with E-state index in [1.807, 2.05) is 12.1 Å². The Morgan fingerprint density at radius 3 is 2.82 bits per heavy atom. The van der Waals surface area contributed by atoms with Gasteiger partial charge in [0.25, 0.3) is 0 Å². The summed E-state index contributed by atoms with van der Waals surface area (Å²) in [5, 5.41) is 0. The van der Waals surface area contributed by atoms with Crippen molar-refractivity contribution in [2.24, 2.45) is 0 Å². The third kappa shape index (κ3) is 2.05. The minimum Gasteiger partial charge on any atom is -0.497 e. The molecule has 0 N–H and O–H groups in total. The largest absolute Gasteiger partial charge is 0.497 e. The number of benzene rings is 1. The van der Waals surface area contributed by atoms with Gasteiger partial charge < -0.3 is 9.47 Å². The molecule has 0 amide bonds. The van der Waals surface area contributed by atoms with Crippen LogP contribution in [0.3, 0.4) is 0 Å². The number of hydrogen-bond acceptors (Lipinski definition) is 3. The summed E-state index contributed by atoms with van der Waals surface area (Å²) in [6.07, 6.45) is 4.09. The molecule has 17 heavy (non-hydrogen) atoms. The second kappa shape index (κ2) is 4.67. The van der Waals surface area contributed by atoms with Gasteiger partial charge in [0.2, 0.25) is 0 Å². The van der Waals surface area contributed by atoms with E-state index in [1.54, 1.807) is 7.11 Å². The van der Waals surface area contributed by atoms with Crippen LogP contribution in [0.25, 0.3) is 0 Å². The summed E-state index contributed by atoms with van der Waals surface area (Å²) in [7, 11) is 1.70. The van der Waals surface area contributed by atoms with Crippen LogP contribution in [0.15, 0.2) is 24.3 Å². The lowest BCUT2D eigenvalue weighted by atomic mass is 10.0. The number of methoxy groups -OCH3 is 1. The molecule has 2 saturated heterocycles. The molecule has 0 aromatic heterocycles. The first-order valence-corrected chi connectivity index (χ1v) is 6.40.